The number of phenols is 1. The Balaban J connectivity index is 2.48. The number of hydrogen-bond acceptors (Lipinski definition) is 5. The average Bonchev–Trinajstić information content (AvgIpc) is 2.53. The standard InChI is InChI=1S/C16H13FN4O2/c1-7-8(2-3-10(17)15(7)22)12-13(18)9(16(19)23)6-11-14(12)21-5-4-20-11/h2-6,22H,18H2,1H3,(H2,19,23). The van der Waals surface area contributed by atoms with Crippen LogP contribution in [0.4, 0.5) is 10.1 Å². The molecule has 0 unspecified atom stereocenters. The number of aromatic nitrogens is 2. The number of amides is 1. The molecule has 0 bridgehead atoms. The lowest BCUT2D eigenvalue weighted by Gasteiger charge is -2.15. The highest BCUT2D eigenvalue weighted by Crippen LogP contribution is 2.39. The van der Waals surface area contributed by atoms with Crippen molar-refractivity contribution in [2.75, 3.05) is 5.73 Å². The van der Waals surface area contributed by atoms with Crippen LogP contribution in [0.15, 0.2) is 30.6 Å². The molecule has 3 aromatic rings. The first kappa shape index (κ1) is 14.7. The molecule has 5 N–H and O–H groups in total. The fourth-order valence-corrected chi connectivity index (χ4v) is 2.54. The Bertz CT molecular complexity index is 956. The predicted molar refractivity (Wildman–Crippen MR) is 84.3 cm³/mol. The molecule has 0 spiro atoms. The summed E-state index contributed by atoms with van der Waals surface area (Å²) < 4.78 is 13.5. The van der Waals surface area contributed by atoms with Crippen molar-refractivity contribution in [1.82, 2.24) is 9.97 Å². The van der Waals surface area contributed by atoms with Crippen LogP contribution in [0.2, 0.25) is 0 Å². The van der Waals surface area contributed by atoms with Crippen LogP contribution in [0.25, 0.3) is 22.2 Å². The SMILES string of the molecule is Cc1c(-c2c(N)c(C(N)=O)cc3nccnc23)ccc(F)c1O. The maximum absolute atomic E-state index is 13.5. The van der Waals surface area contributed by atoms with E-state index in [9.17, 15) is 14.3 Å². The van der Waals surface area contributed by atoms with E-state index in [2.05, 4.69) is 9.97 Å². The van der Waals surface area contributed by atoms with Gasteiger partial charge in [0.05, 0.1) is 22.3 Å². The zero-order valence-corrected chi connectivity index (χ0v) is 12.2. The monoisotopic (exact) mass is 312 g/mol. The van der Waals surface area contributed by atoms with Crippen molar-refractivity contribution in [2.45, 2.75) is 6.92 Å². The van der Waals surface area contributed by atoms with E-state index in [1.807, 2.05) is 0 Å². The first-order valence-corrected chi connectivity index (χ1v) is 6.73. The molecule has 0 aliphatic carbocycles. The number of phenolic OH excluding ortho intramolecular Hbond substituents is 1. The van der Waals surface area contributed by atoms with Crippen LogP contribution in [0.1, 0.15) is 15.9 Å². The molecule has 0 aliphatic rings. The van der Waals surface area contributed by atoms with Crippen LogP contribution in [-0.4, -0.2) is 21.0 Å². The normalized spacial score (nSPS) is 10.9. The summed E-state index contributed by atoms with van der Waals surface area (Å²) in [6.07, 6.45) is 2.95. The Labute approximate surface area is 130 Å². The zero-order valence-electron chi connectivity index (χ0n) is 12.2. The zero-order chi connectivity index (χ0) is 16.7. The van der Waals surface area contributed by atoms with Gasteiger partial charge in [0, 0.05) is 23.5 Å². The van der Waals surface area contributed by atoms with Crippen molar-refractivity contribution in [3.8, 4) is 16.9 Å². The van der Waals surface area contributed by atoms with Crippen LogP contribution in [0.5, 0.6) is 5.75 Å². The van der Waals surface area contributed by atoms with E-state index in [0.717, 1.165) is 6.07 Å². The van der Waals surface area contributed by atoms with Crippen molar-refractivity contribution >= 4 is 22.6 Å². The summed E-state index contributed by atoms with van der Waals surface area (Å²) in [5.41, 5.74) is 13.6. The summed E-state index contributed by atoms with van der Waals surface area (Å²) in [6.45, 7) is 1.55. The number of carbonyl (C=O) groups is 1. The Morgan fingerprint density at radius 2 is 1.96 bits per heavy atom. The van der Waals surface area contributed by atoms with Gasteiger partial charge >= 0.3 is 0 Å². The first-order chi connectivity index (χ1) is 10.9. The van der Waals surface area contributed by atoms with E-state index in [1.54, 1.807) is 6.92 Å². The molecule has 0 aliphatic heterocycles. The molecule has 0 saturated heterocycles. The van der Waals surface area contributed by atoms with Crippen LogP contribution >= 0.6 is 0 Å². The predicted octanol–water partition coefficient (Wildman–Crippen LogP) is 2.13. The maximum atomic E-state index is 13.5. The Kier molecular flexibility index (Phi) is 3.33. The van der Waals surface area contributed by atoms with Gasteiger partial charge < -0.3 is 16.6 Å². The van der Waals surface area contributed by atoms with Gasteiger partial charge in [0.1, 0.15) is 0 Å². The summed E-state index contributed by atoms with van der Waals surface area (Å²) >= 11 is 0. The number of nitrogens with two attached hydrogens (primary N) is 2. The molecule has 3 rings (SSSR count). The van der Waals surface area contributed by atoms with Gasteiger partial charge in [0.15, 0.2) is 11.6 Å². The largest absolute Gasteiger partial charge is 0.505 e. The van der Waals surface area contributed by atoms with E-state index in [4.69, 9.17) is 11.5 Å². The molecule has 23 heavy (non-hydrogen) atoms. The van der Waals surface area contributed by atoms with Crippen molar-refractivity contribution in [3.63, 3.8) is 0 Å². The number of halogens is 1. The number of anilines is 1. The average molecular weight is 312 g/mol. The van der Waals surface area contributed by atoms with Gasteiger partial charge in [-0.15, -0.1) is 0 Å². The Morgan fingerprint density at radius 1 is 1.26 bits per heavy atom. The lowest BCUT2D eigenvalue weighted by atomic mass is 9.94. The Hall–Kier alpha value is -3.22. The third kappa shape index (κ3) is 2.22. The summed E-state index contributed by atoms with van der Waals surface area (Å²) in [7, 11) is 0. The quantitative estimate of drug-likeness (QED) is 0.627. The lowest BCUT2D eigenvalue weighted by molar-refractivity contribution is 0.100. The molecule has 0 fully saturated rings. The molecule has 7 heteroatoms. The van der Waals surface area contributed by atoms with E-state index in [0.29, 0.717) is 22.2 Å². The molecular weight excluding hydrogens is 299 g/mol. The minimum absolute atomic E-state index is 0.0937. The summed E-state index contributed by atoms with van der Waals surface area (Å²) in [4.78, 5) is 20.0. The highest BCUT2D eigenvalue weighted by Gasteiger charge is 2.20. The Morgan fingerprint density at radius 3 is 2.65 bits per heavy atom. The summed E-state index contributed by atoms with van der Waals surface area (Å²) in [5, 5.41) is 9.85. The second kappa shape index (κ2) is 5.20. The molecule has 2 aromatic carbocycles. The maximum Gasteiger partial charge on any atom is 0.250 e. The second-order valence-corrected chi connectivity index (χ2v) is 5.07. The van der Waals surface area contributed by atoms with Gasteiger partial charge in [0.25, 0.3) is 5.91 Å². The van der Waals surface area contributed by atoms with E-state index < -0.39 is 17.5 Å². The lowest BCUT2D eigenvalue weighted by Crippen LogP contribution is -2.14. The molecule has 0 atom stereocenters. The second-order valence-electron chi connectivity index (χ2n) is 5.07. The highest BCUT2D eigenvalue weighted by molar-refractivity contribution is 6.09. The number of aromatic hydroxyl groups is 1. The summed E-state index contributed by atoms with van der Waals surface area (Å²) in [5.74, 6) is -1.94. The third-order valence-corrected chi connectivity index (χ3v) is 3.72. The number of primary amides is 1. The number of hydrogen-bond donors (Lipinski definition) is 3. The molecular formula is C16H13FN4O2. The molecule has 1 aromatic heterocycles. The molecule has 116 valence electrons. The fourth-order valence-electron chi connectivity index (χ4n) is 2.54. The van der Waals surface area contributed by atoms with Crippen LogP contribution in [-0.2, 0) is 0 Å². The topological polar surface area (TPSA) is 115 Å². The van der Waals surface area contributed by atoms with Gasteiger partial charge in [-0.1, -0.05) is 6.07 Å². The number of nitrogen functional groups attached to an aromatic ring is 1. The molecule has 1 heterocycles. The fraction of sp³-hybridized carbons (Fsp3) is 0.0625. The number of fused-ring (bicyclic) bond motifs is 1. The van der Waals surface area contributed by atoms with Gasteiger partial charge in [-0.2, -0.15) is 0 Å². The summed E-state index contributed by atoms with van der Waals surface area (Å²) in [6, 6.07) is 4.05. The number of rotatable bonds is 2. The van der Waals surface area contributed by atoms with E-state index >= 15 is 0 Å². The van der Waals surface area contributed by atoms with E-state index in [-0.39, 0.29) is 16.8 Å². The van der Waals surface area contributed by atoms with Gasteiger partial charge in [-0.3, -0.25) is 14.8 Å². The number of carbonyl (C=O) groups excluding carboxylic acids is 1. The first-order valence-electron chi connectivity index (χ1n) is 6.73. The van der Waals surface area contributed by atoms with Crippen LogP contribution in [0, 0.1) is 12.7 Å². The van der Waals surface area contributed by atoms with Gasteiger partial charge in [0.2, 0.25) is 0 Å². The molecule has 6 nitrogen and oxygen atoms in total. The molecule has 1 amide bonds. The third-order valence-electron chi connectivity index (χ3n) is 3.72. The molecule has 0 saturated carbocycles. The van der Waals surface area contributed by atoms with Crippen molar-refractivity contribution in [2.24, 2.45) is 5.73 Å². The number of nitrogens with zero attached hydrogens (tertiary/aromatic N) is 2. The van der Waals surface area contributed by atoms with Crippen LogP contribution < -0.4 is 11.5 Å². The van der Waals surface area contributed by atoms with Gasteiger partial charge in [-0.25, -0.2) is 4.39 Å². The minimum Gasteiger partial charge on any atom is -0.505 e. The smallest absolute Gasteiger partial charge is 0.250 e. The van der Waals surface area contributed by atoms with Gasteiger partial charge in [-0.05, 0) is 24.6 Å². The van der Waals surface area contributed by atoms with E-state index in [1.165, 1.54) is 24.5 Å². The van der Waals surface area contributed by atoms with Crippen molar-refractivity contribution in [1.29, 1.82) is 0 Å². The minimum atomic E-state index is -0.744. The number of benzene rings is 2. The highest BCUT2D eigenvalue weighted by atomic mass is 19.1. The van der Waals surface area contributed by atoms with Crippen LogP contribution in [0.3, 0.4) is 0 Å². The van der Waals surface area contributed by atoms with Crippen molar-refractivity contribution in [3.05, 3.63) is 47.5 Å². The molecule has 0 radical (unpaired) electrons. The van der Waals surface area contributed by atoms with Crippen molar-refractivity contribution < 1.29 is 14.3 Å².